The number of nitrogens with one attached hydrogen (secondary N) is 2. The number of aliphatic hydroxyl groups is 2. The molecule has 2 aromatic heterocycles. The minimum atomic E-state index is -2.08. The molecule has 4 rings (SSSR count). The Kier molecular flexibility index (Phi) is 5.35. The summed E-state index contributed by atoms with van der Waals surface area (Å²) in [5.74, 6) is 0.407. The van der Waals surface area contributed by atoms with Crippen LogP contribution in [0.25, 0.3) is 11.3 Å². The summed E-state index contributed by atoms with van der Waals surface area (Å²) in [6.07, 6.45) is 4.17. The van der Waals surface area contributed by atoms with E-state index in [9.17, 15) is 15.5 Å². The van der Waals surface area contributed by atoms with E-state index in [1.807, 2.05) is 19.1 Å². The standard InChI is InChI=1S/C21H23N6O2P/c1-13-9-24-16(10-28)7-18(13)27-21-23-4-3-17(26-21)14-5-15(8-22)20-19(6-14)30(2,12-29)11-25-20/h3-7,9,25,28-30H,10-12H2,1-2H3,(H,23,24,26,27). The van der Waals surface area contributed by atoms with Gasteiger partial charge in [0.2, 0.25) is 0 Å². The number of benzene rings is 1. The van der Waals surface area contributed by atoms with Gasteiger partial charge < -0.3 is 0 Å². The molecule has 30 heavy (non-hydrogen) atoms. The number of hydrogen-bond acceptors (Lipinski definition) is 8. The van der Waals surface area contributed by atoms with Crippen LogP contribution in [-0.4, -0.2) is 44.5 Å². The summed E-state index contributed by atoms with van der Waals surface area (Å²) in [7, 11) is -2.08. The normalized spacial score (nSPS) is 15.0. The molecule has 0 saturated heterocycles. The third kappa shape index (κ3) is 3.59. The van der Waals surface area contributed by atoms with Gasteiger partial charge >= 0.3 is 175 Å². The predicted molar refractivity (Wildman–Crippen MR) is 120 cm³/mol. The third-order valence-electron chi connectivity index (χ3n) is 5.43. The van der Waals surface area contributed by atoms with E-state index in [-0.39, 0.29) is 13.0 Å². The van der Waals surface area contributed by atoms with Crippen molar-refractivity contribution in [3.05, 3.63) is 53.5 Å². The Morgan fingerprint density at radius 2 is 2.10 bits per heavy atom. The van der Waals surface area contributed by atoms with Gasteiger partial charge in [0, 0.05) is 0 Å². The number of pyridine rings is 1. The van der Waals surface area contributed by atoms with E-state index in [0.717, 1.165) is 27.8 Å². The number of aryl methyl sites for hydroxylation is 1. The molecule has 1 aliphatic heterocycles. The molecule has 1 aromatic carbocycles. The first-order valence-electron chi connectivity index (χ1n) is 9.57. The van der Waals surface area contributed by atoms with E-state index < -0.39 is 7.26 Å². The Morgan fingerprint density at radius 1 is 1.27 bits per heavy atom. The van der Waals surface area contributed by atoms with Gasteiger partial charge in [-0.25, -0.2) is 0 Å². The van der Waals surface area contributed by atoms with Gasteiger partial charge in [-0.15, -0.1) is 0 Å². The average Bonchev–Trinajstić information content (AvgIpc) is 3.12. The second-order valence-electron chi connectivity index (χ2n) is 7.67. The van der Waals surface area contributed by atoms with Crippen LogP contribution in [0, 0.1) is 18.3 Å². The summed E-state index contributed by atoms with van der Waals surface area (Å²) >= 11 is 0. The van der Waals surface area contributed by atoms with Crippen LogP contribution in [0.2, 0.25) is 0 Å². The fourth-order valence-corrected chi connectivity index (χ4v) is 5.92. The molecule has 0 bridgehead atoms. The molecule has 3 aromatic rings. The van der Waals surface area contributed by atoms with Crippen LogP contribution in [0.1, 0.15) is 16.8 Å². The quantitative estimate of drug-likeness (QED) is 0.461. The molecule has 4 N–H and O–H groups in total. The molecule has 0 aliphatic carbocycles. The van der Waals surface area contributed by atoms with Gasteiger partial charge in [0.1, 0.15) is 0 Å². The Bertz CT molecular complexity index is 1160. The van der Waals surface area contributed by atoms with Crippen molar-refractivity contribution in [1.29, 1.82) is 5.26 Å². The van der Waals surface area contributed by atoms with E-state index in [2.05, 4.69) is 38.3 Å². The average molecular weight is 422 g/mol. The van der Waals surface area contributed by atoms with Crippen molar-refractivity contribution < 1.29 is 10.2 Å². The van der Waals surface area contributed by atoms with Gasteiger partial charge in [0.15, 0.2) is 0 Å². The van der Waals surface area contributed by atoms with Crippen molar-refractivity contribution in [2.45, 2.75) is 13.5 Å². The van der Waals surface area contributed by atoms with Crippen molar-refractivity contribution in [3.63, 3.8) is 0 Å². The van der Waals surface area contributed by atoms with E-state index in [0.29, 0.717) is 29.2 Å². The Balaban J connectivity index is 1.73. The summed E-state index contributed by atoms with van der Waals surface area (Å²) in [6, 6.07) is 9.67. The second-order valence-corrected chi connectivity index (χ2v) is 12.0. The zero-order valence-electron chi connectivity index (χ0n) is 16.8. The van der Waals surface area contributed by atoms with Crippen molar-refractivity contribution in [1.82, 2.24) is 15.0 Å². The zero-order chi connectivity index (χ0) is 21.3. The first-order valence-corrected chi connectivity index (χ1v) is 12.5. The molecule has 0 radical (unpaired) electrons. The number of hydrogen-bond donors (Lipinski definition) is 4. The molecular weight excluding hydrogens is 399 g/mol. The van der Waals surface area contributed by atoms with Crippen LogP contribution in [0.15, 0.2) is 36.7 Å². The summed E-state index contributed by atoms with van der Waals surface area (Å²) < 4.78 is 0. The van der Waals surface area contributed by atoms with Crippen LogP contribution in [-0.2, 0) is 6.61 Å². The van der Waals surface area contributed by atoms with Crippen molar-refractivity contribution in [2.24, 2.45) is 0 Å². The molecule has 0 amide bonds. The molecule has 0 spiro atoms. The monoisotopic (exact) mass is 422 g/mol. The van der Waals surface area contributed by atoms with Crippen LogP contribution in [0.5, 0.6) is 0 Å². The van der Waals surface area contributed by atoms with Crippen LogP contribution >= 0.6 is 7.26 Å². The summed E-state index contributed by atoms with van der Waals surface area (Å²) in [5.41, 5.74) is 5.11. The predicted octanol–water partition coefficient (Wildman–Crippen LogP) is 2.29. The fraction of sp³-hybridized carbons (Fsp3) is 0.238. The third-order valence-corrected chi connectivity index (χ3v) is 8.78. The fourth-order valence-electron chi connectivity index (χ4n) is 3.55. The van der Waals surface area contributed by atoms with Crippen LogP contribution < -0.4 is 15.9 Å². The Labute approximate surface area is 175 Å². The maximum atomic E-state index is 9.95. The van der Waals surface area contributed by atoms with Crippen molar-refractivity contribution in [3.8, 4) is 17.3 Å². The molecule has 0 saturated carbocycles. The summed E-state index contributed by atoms with van der Waals surface area (Å²) in [6.45, 7) is 3.87. The molecule has 154 valence electrons. The first-order chi connectivity index (χ1) is 14.5. The van der Waals surface area contributed by atoms with Gasteiger partial charge in [-0.2, -0.15) is 0 Å². The van der Waals surface area contributed by atoms with Gasteiger partial charge in [-0.05, 0) is 0 Å². The molecule has 1 aliphatic rings. The Hall–Kier alpha value is -3.11. The SMILES string of the molecule is Cc1cnc(CO)cc1Nc1nccc(-c2cc(C#N)c3c(c2)[PH](C)(CO)CN3)n1. The summed E-state index contributed by atoms with van der Waals surface area (Å²) in [4.78, 5) is 13.1. The van der Waals surface area contributed by atoms with E-state index in [1.165, 1.54) is 0 Å². The van der Waals surface area contributed by atoms with E-state index in [4.69, 9.17) is 0 Å². The molecule has 0 atom stereocenters. The van der Waals surface area contributed by atoms with Gasteiger partial charge in [0.05, 0.1) is 0 Å². The number of rotatable bonds is 5. The first kappa shape index (κ1) is 20.2. The van der Waals surface area contributed by atoms with E-state index >= 15 is 0 Å². The molecule has 0 unspecified atom stereocenters. The molecular formula is C21H23N6O2P. The van der Waals surface area contributed by atoms with Crippen LogP contribution in [0.4, 0.5) is 17.3 Å². The molecule has 8 nitrogen and oxygen atoms in total. The van der Waals surface area contributed by atoms with Gasteiger partial charge in [-0.1, -0.05) is 0 Å². The van der Waals surface area contributed by atoms with Crippen LogP contribution in [0.3, 0.4) is 0 Å². The number of aliphatic hydroxyl groups excluding tert-OH is 2. The summed E-state index contributed by atoms with van der Waals surface area (Å²) in [5, 5.41) is 36.5. The number of aromatic nitrogens is 3. The second kappa shape index (κ2) is 7.96. The Morgan fingerprint density at radius 3 is 2.83 bits per heavy atom. The zero-order valence-corrected chi connectivity index (χ0v) is 17.8. The van der Waals surface area contributed by atoms with E-state index in [1.54, 1.807) is 24.5 Å². The number of nitrogens with zero attached hydrogens (tertiary/aromatic N) is 4. The minimum absolute atomic E-state index is 0.117. The maximum absolute atomic E-state index is 9.95. The van der Waals surface area contributed by atoms with Crippen molar-refractivity contribution >= 4 is 29.9 Å². The molecule has 3 heterocycles. The number of anilines is 3. The van der Waals surface area contributed by atoms with Gasteiger partial charge in [-0.3, -0.25) is 0 Å². The van der Waals surface area contributed by atoms with Gasteiger partial charge in [0.25, 0.3) is 0 Å². The molecule has 9 heteroatoms. The topological polar surface area (TPSA) is 127 Å². The molecule has 0 fully saturated rings. The van der Waals surface area contributed by atoms with Crippen molar-refractivity contribution in [2.75, 3.05) is 29.9 Å². The number of fused-ring (bicyclic) bond motifs is 1. The number of nitriles is 1.